The lowest BCUT2D eigenvalue weighted by atomic mass is 9.92. The Morgan fingerprint density at radius 1 is 1.78 bits per heavy atom. The third kappa shape index (κ3) is 1.47. The van der Waals surface area contributed by atoms with Gasteiger partial charge >= 0.3 is 0 Å². The summed E-state index contributed by atoms with van der Waals surface area (Å²) in [4.78, 5) is 0. The lowest BCUT2D eigenvalue weighted by molar-refractivity contribution is 0.294. The van der Waals surface area contributed by atoms with Crippen LogP contribution in [0.25, 0.3) is 0 Å². The zero-order valence-electron chi connectivity index (χ0n) is 5.93. The Bertz CT molecular complexity index is 116. The van der Waals surface area contributed by atoms with Gasteiger partial charge in [0.05, 0.1) is 5.76 Å². The van der Waals surface area contributed by atoms with Gasteiger partial charge in [-0.25, -0.2) is 0 Å². The summed E-state index contributed by atoms with van der Waals surface area (Å²) < 4.78 is 0. The van der Waals surface area contributed by atoms with E-state index in [0.29, 0.717) is 11.7 Å². The second kappa shape index (κ2) is 2.90. The van der Waals surface area contributed by atoms with Crippen LogP contribution in [0, 0.1) is 5.92 Å². The number of hydrogen-bond donors (Lipinski definition) is 1. The maximum Gasteiger partial charge on any atom is 0.0913 e. The fourth-order valence-corrected chi connectivity index (χ4v) is 1.34. The Morgan fingerprint density at radius 3 is 3.00 bits per heavy atom. The van der Waals surface area contributed by atoms with E-state index >= 15 is 0 Å². The normalized spacial score (nSPS) is 27.7. The Morgan fingerprint density at radius 2 is 2.56 bits per heavy atom. The lowest BCUT2D eigenvalue weighted by Gasteiger charge is -2.17. The van der Waals surface area contributed by atoms with Crippen molar-refractivity contribution in [3.8, 4) is 0 Å². The SMILES string of the molecule is CCC1CCCC=C1O. The fraction of sp³-hybridized carbons (Fsp3) is 0.750. The molecule has 0 aliphatic heterocycles. The van der Waals surface area contributed by atoms with Crippen LogP contribution in [0.3, 0.4) is 0 Å². The summed E-state index contributed by atoms with van der Waals surface area (Å²) in [7, 11) is 0. The van der Waals surface area contributed by atoms with E-state index in [-0.39, 0.29) is 0 Å². The predicted octanol–water partition coefficient (Wildman–Crippen LogP) is 2.64. The van der Waals surface area contributed by atoms with Crippen LogP contribution in [0.1, 0.15) is 32.6 Å². The first-order chi connectivity index (χ1) is 4.34. The summed E-state index contributed by atoms with van der Waals surface area (Å²) in [6.45, 7) is 2.13. The molecule has 1 aliphatic rings. The third-order valence-electron chi connectivity index (χ3n) is 2.02. The molecule has 0 heterocycles. The van der Waals surface area contributed by atoms with Crippen LogP contribution in [0.4, 0.5) is 0 Å². The molecule has 1 nitrogen and oxygen atoms in total. The van der Waals surface area contributed by atoms with Gasteiger partial charge in [0.15, 0.2) is 0 Å². The summed E-state index contributed by atoms with van der Waals surface area (Å²) in [5.41, 5.74) is 0. The van der Waals surface area contributed by atoms with E-state index in [9.17, 15) is 5.11 Å². The van der Waals surface area contributed by atoms with Crippen molar-refractivity contribution < 1.29 is 5.11 Å². The van der Waals surface area contributed by atoms with Gasteiger partial charge in [-0.2, -0.15) is 0 Å². The van der Waals surface area contributed by atoms with E-state index in [2.05, 4.69) is 6.92 Å². The van der Waals surface area contributed by atoms with Gasteiger partial charge in [0, 0.05) is 5.92 Å². The number of aliphatic hydroxyl groups is 1. The highest BCUT2D eigenvalue weighted by Crippen LogP contribution is 2.24. The van der Waals surface area contributed by atoms with Crippen molar-refractivity contribution in [1.82, 2.24) is 0 Å². The minimum absolute atomic E-state index is 0.471. The summed E-state index contributed by atoms with van der Waals surface area (Å²) in [5, 5.41) is 9.23. The van der Waals surface area contributed by atoms with Gasteiger partial charge in [0.25, 0.3) is 0 Å². The molecule has 1 aliphatic carbocycles. The summed E-state index contributed by atoms with van der Waals surface area (Å²) in [6, 6.07) is 0. The van der Waals surface area contributed by atoms with Gasteiger partial charge in [-0.3, -0.25) is 0 Å². The standard InChI is InChI=1S/C8H14O/c1-2-7-5-3-4-6-8(7)9/h6-7,9H,2-5H2,1H3. The number of allylic oxidation sites excluding steroid dienone is 2. The molecular formula is C8H14O. The molecule has 0 amide bonds. The van der Waals surface area contributed by atoms with Crippen LogP contribution < -0.4 is 0 Å². The Kier molecular flexibility index (Phi) is 2.15. The molecule has 0 aromatic rings. The van der Waals surface area contributed by atoms with Crippen LogP contribution in [0.15, 0.2) is 11.8 Å². The monoisotopic (exact) mass is 126 g/mol. The number of hydrogen-bond acceptors (Lipinski definition) is 1. The zero-order valence-corrected chi connectivity index (χ0v) is 5.93. The molecular weight excluding hydrogens is 112 g/mol. The summed E-state index contributed by atoms with van der Waals surface area (Å²) in [6.07, 6.45) is 6.55. The highest BCUT2D eigenvalue weighted by Gasteiger charge is 2.13. The van der Waals surface area contributed by atoms with E-state index in [1.165, 1.54) is 12.8 Å². The summed E-state index contributed by atoms with van der Waals surface area (Å²) >= 11 is 0. The first kappa shape index (κ1) is 6.66. The molecule has 1 N–H and O–H groups in total. The van der Waals surface area contributed by atoms with Gasteiger partial charge < -0.3 is 5.11 Å². The van der Waals surface area contributed by atoms with Gasteiger partial charge in [-0.15, -0.1) is 0 Å². The molecule has 52 valence electrons. The molecule has 1 heteroatoms. The summed E-state index contributed by atoms with van der Waals surface area (Å²) in [5.74, 6) is 1.10. The van der Waals surface area contributed by atoms with Gasteiger partial charge in [-0.1, -0.05) is 6.92 Å². The van der Waals surface area contributed by atoms with Crippen LogP contribution in [0.5, 0.6) is 0 Å². The van der Waals surface area contributed by atoms with E-state index in [1.54, 1.807) is 0 Å². The molecule has 1 unspecified atom stereocenters. The first-order valence-electron chi connectivity index (χ1n) is 3.73. The Hall–Kier alpha value is -0.460. The van der Waals surface area contributed by atoms with E-state index < -0.39 is 0 Å². The molecule has 9 heavy (non-hydrogen) atoms. The van der Waals surface area contributed by atoms with E-state index in [1.807, 2.05) is 6.08 Å². The fourth-order valence-electron chi connectivity index (χ4n) is 1.34. The van der Waals surface area contributed by atoms with Crippen molar-refractivity contribution in [2.24, 2.45) is 5.92 Å². The first-order valence-corrected chi connectivity index (χ1v) is 3.73. The molecule has 1 rings (SSSR count). The molecule has 0 spiro atoms. The van der Waals surface area contributed by atoms with Crippen molar-refractivity contribution in [3.05, 3.63) is 11.8 Å². The van der Waals surface area contributed by atoms with Crippen molar-refractivity contribution in [2.45, 2.75) is 32.6 Å². The van der Waals surface area contributed by atoms with Crippen molar-refractivity contribution in [2.75, 3.05) is 0 Å². The van der Waals surface area contributed by atoms with Crippen molar-refractivity contribution >= 4 is 0 Å². The minimum Gasteiger partial charge on any atom is -0.512 e. The smallest absolute Gasteiger partial charge is 0.0913 e. The highest BCUT2D eigenvalue weighted by atomic mass is 16.3. The molecule has 0 radical (unpaired) electrons. The van der Waals surface area contributed by atoms with Crippen LogP contribution in [-0.2, 0) is 0 Å². The molecule has 0 saturated heterocycles. The molecule has 0 saturated carbocycles. The second-order valence-electron chi connectivity index (χ2n) is 2.67. The van der Waals surface area contributed by atoms with Crippen molar-refractivity contribution in [1.29, 1.82) is 0 Å². The highest BCUT2D eigenvalue weighted by molar-refractivity contribution is 4.99. The molecule has 0 bridgehead atoms. The van der Waals surface area contributed by atoms with Crippen LogP contribution in [-0.4, -0.2) is 5.11 Å². The molecule has 0 fully saturated rings. The van der Waals surface area contributed by atoms with Crippen LogP contribution >= 0.6 is 0 Å². The maximum atomic E-state index is 9.23. The average molecular weight is 126 g/mol. The Labute approximate surface area is 56.4 Å². The van der Waals surface area contributed by atoms with Crippen molar-refractivity contribution in [3.63, 3.8) is 0 Å². The quantitative estimate of drug-likeness (QED) is 0.572. The lowest BCUT2D eigenvalue weighted by Crippen LogP contribution is -2.06. The van der Waals surface area contributed by atoms with E-state index in [4.69, 9.17) is 0 Å². The van der Waals surface area contributed by atoms with Gasteiger partial charge in [0.1, 0.15) is 0 Å². The second-order valence-corrected chi connectivity index (χ2v) is 2.67. The topological polar surface area (TPSA) is 20.2 Å². The molecule has 0 aromatic carbocycles. The Balaban J connectivity index is 2.50. The van der Waals surface area contributed by atoms with Gasteiger partial charge in [0.2, 0.25) is 0 Å². The molecule has 1 atom stereocenters. The number of aliphatic hydroxyl groups excluding tert-OH is 1. The minimum atomic E-state index is 0.471. The van der Waals surface area contributed by atoms with Gasteiger partial charge in [-0.05, 0) is 31.8 Å². The zero-order chi connectivity index (χ0) is 6.69. The average Bonchev–Trinajstić information content (AvgIpc) is 1.89. The largest absolute Gasteiger partial charge is 0.512 e. The van der Waals surface area contributed by atoms with E-state index in [0.717, 1.165) is 12.8 Å². The molecule has 0 aromatic heterocycles. The van der Waals surface area contributed by atoms with Crippen LogP contribution in [0.2, 0.25) is 0 Å². The maximum absolute atomic E-state index is 9.23. The third-order valence-corrected chi connectivity index (χ3v) is 2.02. The predicted molar refractivity (Wildman–Crippen MR) is 38.3 cm³/mol. The number of rotatable bonds is 1.